The van der Waals surface area contributed by atoms with Gasteiger partial charge in [0.05, 0.1) is 17.7 Å². The summed E-state index contributed by atoms with van der Waals surface area (Å²) >= 11 is 0. The number of nitrogens with zero attached hydrogens (tertiary/aromatic N) is 2. The molecule has 1 saturated heterocycles. The molecule has 1 aromatic rings. The number of phenols is 1. The summed E-state index contributed by atoms with van der Waals surface area (Å²) in [6.07, 6.45) is 0. The second kappa shape index (κ2) is 9.00. The van der Waals surface area contributed by atoms with Crippen LogP contribution in [0.1, 0.15) is 17.2 Å². The van der Waals surface area contributed by atoms with Crippen molar-refractivity contribution < 1.29 is 13.9 Å². The van der Waals surface area contributed by atoms with E-state index in [9.17, 15) is 13.9 Å². The summed E-state index contributed by atoms with van der Waals surface area (Å²) in [7, 11) is 0. The van der Waals surface area contributed by atoms with Crippen molar-refractivity contribution in [3.05, 3.63) is 29.1 Å². The lowest BCUT2D eigenvalue weighted by Crippen LogP contribution is -2.45. The van der Waals surface area contributed by atoms with Crippen molar-refractivity contribution in [2.45, 2.75) is 6.04 Å². The van der Waals surface area contributed by atoms with E-state index in [0.29, 0.717) is 26.2 Å². The summed E-state index contributed by atoms with van der Waals surface area (Å²) in [4.78, 5) is 1.81. The normalized spacial score (nSPS) is 16.2. The molecule has 0 bridgehead atoms. The fourth-order valence-electron chi connectivity index (χ4n) is 2.37. The van der Waals surface area contributed by atoms with Crippen LogP contribution in [0.5, 0.6) is 5.75 Å². The summed E-state index contributed by atoms with van der Waals surface area (Å²) in [6.45, 7) is 1.82. The molecule has 0 amide bonds. The van der Waals surface area contributed by atoms with Crippen LogP contribution in [0.25, 0.3) is 0 Å². The van der Waals surface area contributed by atoms with Crippen molar-refractivity contribution in [3.63, 3.8) is 0 Å². The topological polar surface area (TPSA) is 59.3 Å². The minimum absolute atomic E-state index is 0. The number of benzene rings is 1. The van der Waals surface area contributed by atoms with Gasteiger partial charge in [-0.15, -0.1) is 24.8 Å². The molecule has 4 nitrogen and oxygen atoms in total. The minimum atomic E-state index is -0.831. The molecule has 0 unspecified atom stereocenters. The van der Waals surface area contributed by atoms with Crippen molar-refractivity contribution in [2.24, 2.45) is 0 Å². The van der Waals surface area contributed by atoms with Crippen LogP contribution in [-0.4, -0.2) is 42.9 Å². The van der Waals surface area contributed by atoms with E-state index in [4.69, 9.17) is 5.26 Å². The summed E-state index contributed by atoms with van der Waals surface area (Å²) in [5.74, 6) is -1.46. The molecule has 1 aromatic carbocycles. The van der Waals surface area contributed by atoms with Gasteiger partial charge in [-0.25, -0.2) is 8.78 Å². The van der Waals surface area contributed by atoms with Crippen molar-refractivity contribution in [1.82, 2.24) is 10.2 Å². The Bertz CT molecular complexity index is 505. The number of nitrogens with one attached hydrogen (secondary N) is 1. The van der Waals surface area contributed by atoms with Gasteiger partial charge in [-0.1, -0.05) is 0 Å². The number of nitriles is 1. The molecular weight excluding hydrogens is 323 g/mol. The average molecular weight is 340 g/mol. The first kappa shape index (κ1) is 19.9. The molecule has 2 N–H and O–H groups in total. The van der Waals surface area contributed by atoms with Crippen LogP contribution in [-0.2, 0) is 0 Å². The Morgan fingerprint density at radius 3 is 2.48 bits per heavy atom. The van der Waals surface area contributed by atoms with Gasteiger partial charge < -0.3 is 10.4 Å². The van der Waals surface area contributed by atoms with Gasteiger partial charge in [0.15, 0.2) is 11.6 Å². The first-order valence-corrected chi connectivity index (χ1v) is 6.11. The number of aromatic hydroxyl groups is 1. The Labute approximate surface area is 134 Å². The molecule has 118 valence electrons. The molecule has 1 heterocycles. The molecule has 8 heteroatoms. The van der Waals surface area contributed by atoms with Crippen LogP contribution < -0.4 is 5.32 Å². The van der Waals surface area contributed by atoms with E-state index in [0.717, 1.165) is 6.07 Å². The zero-order valence-corrected chi connectivity index (χ0v) is 12.8. The average Bonchev–Trinajstić information content (AvgIpc) is 2.45. The molecule has 1 fully saturated rings. The maximum atomic E-state index is 13.4. The van der Waals surface area contributed by atoms with Gasteiger partial charge in [0.1, 0.15) is 6.67 Å². The largest absolute Gasteiger partial charge is 0.505 e. The van der Waals surface area contributed by atoms with Crippen LogP contribution in [0.3, 0.4) is 0 Å². The minimum Gasteiger partial charge on any atom is -0.505 e. The maximum Gasteiger partial charge on any atom is 0.165 e. The van der Waals surface area contributed by atoms with E-state index in [1.807, 2.05) is 11.0 Å². The number of rotatable bonds is 3. The van der Waals surface area contributed by atoms with Gasteiger partial charge in [0.25, 0.3) is 0 Å². The second-order valence-corrected chi connectivity index (χ2v) is 4.43. The van der Waals surface area contributed by atoms with E-state index in [1.165, 1.54) is 6.07 Å². The van der Waals surface area contributed by atoms with E-state index in [1.54, 1.807) is 0 Å². The molecule has 0 saturated carbocycles. The zero-order valence-electron chi connectivity index (χ0n) is 11.2. The number of hydrogen-bond donors (Lipinski definition) is 2. The third-order valence-electron chi connectivity index (χ3n) is 3.36. The van der Waals surface area contributed by atoms with Crippen LogP contribution in [0.15, 0.2) is 12.1 Å². The van der Waals surface area contributed by atoms with E-state index < -0.39 is 24.3 Å². The Morgan fingerprint density at radius 1 is 1.33 bits per heavy atom. The van der Waals surface area contributed by atoms with Gasteiger partial charge in [-0.05, 0) is 12.1 Å². The van der Waals surface area contributed by atoms with Crippen LogP contribution >= 0.6 is 24.8 Å². The molecule has 1 aliphatic heterocycles. The zero-order chi connectivity index (χ0) is 13.8. The van der Waals surface area contributed by atoms with E-state index in [-0.39, 0.29) is 35.9 Å². The number of piperazine rings is 1. The highest BCUT2D eigenvalue weighted by Gasteiger charge is 2.28. The number of halogens is 4. The maximum absolute atomic E-state index is 13.4. The predicted octanol–water partition coefficient (Wildman–Crippen LogP) is 2.16. The quantitative estimate of drug-likeness (QED) is 0.885. The lowest BCUT2D eigenvalue weighted by molar-refractivity contribution is 0.144. The highest BCUT2D eigenvalue weighted by Crippen LogP contribution is 2.34. The highest BCUT2D eigenvalue weighted by atomic mass is 35.5. The summed E-state index contributed by atoms with van der Waals surface area (Å²) in [5, 5.41) is 22.0. The first-order valence-electron chi connectivity index (χ1n) is 6.11. The van der Waals surface area contributed by atoms with Gasteiger partial charge in [0, 0.05) is 31.7 Å². The molecule has 0 aliphatic carbocycles. The fraction of sp³-hybridized carbons (Fsp3) is 0.462. The molecule has 2 rings (SSSR count). The van der Waals surface area contributed by atoms with E-state index >= 15 is 0 Å². The second-order valence-electron chi connectivity index (χ2n) is 4.43. The van der Waals surface area contributed by atoms with Crippen LogP contribution in [0.2, 0.25) is 0 Å². The molecule has 0 radical (unpaired) electrons. The SMILES string of the molecule is Cl.Cl.N#Cc1ccc(F)c(O)c1[C@@H](CF)N1CCNCC1. The van der Waals surface area contributed by atoms with Gasteiger partial charge in [-0.3, -0.25) is 4.90 Å². The molecular formula is C13H17Cl2F2N3O. The van der Waals surface area contributed by atoms with Crippen LogP contribution in [0, 0.1) is 17.1 Å². The summed E-state index contributed by atoms with van der Waals surface area (Å²) < 4.78 is 26.8. The number of hydrogen-bond acceptors (Lipinski definition) is 4. The van der Waals surface area contributed by atoms with Crippen LogP contribution in [0.4, 0.5) is 8.78 Å². The first-order chi connectivity index (χ1) is 9.19. The lowest BCUT2D eigenvalue weighted by atomic mass is 9.98. The lowest BCUT2D eigenvalue weighted by Gasteiger charge is -2.34. The summed E-state index contributed by atoms with van der Waals surface area (Å²) in [6, 6.07) is 3.39. The Hall–Kier alpha value is -1.13. The van der Waals surface area contributed by atoms with Crippen molar-refractivity contribution in [3.8, 4) is 11.8 Å². The van der Waals surface area contributed by atoms with Gasteiger partial charge in [0.2, 0.25) is 0 Å². The Balaban J connectivity index is 0.00000200. The Kier molecular flexibility index (Phi) is 8.52. The number of alkyl halides is 1. The van der Waals surface area contributed by atoms with Gasteiger partial charge >= 0.3 is 0 Å². The third-order valence-corrected chi connectivity index (χ3v) is 3.36. The Morgan fingerprint density at radius 2 is 1.95 bits per heavy atom. The van der Waals surface area contributed by atoms with Crippen molar-refractivity contribution in [1.29, 1.82) is 5.26 Å². The molecule has 0 spiro atoms. The van der Waals surface area contributed by atoms with Crippen molar-refractivity contribution in [2.75, 3.05) is 32.9 Å². The third kappa shape index (κ3) is 4.17. The van der Waals surface area contributed by atoms with Gasteiger partial charge in [-0.2, -0.15) is 5.26 Å². The predicted molar refractivity (Wildman–Crippen MR) is 80.4 cm³/mol. The number of phenolic OH excluding ortho intramolecular Hbond substituents is 1. The monoisotopic (exact) mass is 339 g/mol. The smallest absolute Gasteiger partial charge is 0.165 e. The molecule has 1 atom stereocenters. The fourth-order valence-corrected chi connectivity index (χ4v) is 2.37. The standard InChI is InChI=1S/C13H15F2N3O.2ClH/c14-7-11(18-5-3-17-4-6-18)12-9(8-16)1-2-10(15)13(12)19;;/h1-2,11,17,19H,3-7H2;2*1H/t11-;;/m1../s1. The molecule has 1 aliphatic rings. The van der Waals surface area contributed by atoms with Crippen molar-refractivity contribution >= 4 is 24.8 Å². The highest BCUT2D eigenvalue weighted by molar-refractivity contribution is 5.85. The summed E-state index contributed by atoms with van der Waals surface area (Å²) in [5.41, 5.74) is 0.159. The molecule has 0 aromatic heterocycles. The molecule has 21 heavy (non-hydrogen) atoms. The van der Waals surface area contributed by atoms with E-state index in [2.05, 4.69) is 5.32 Å².